The van der Waals surface area contributed by atoms with Gasteiger partial charge in [0.1, 0.15) is 0 Å². The molecule has 1 aromatic rings. The molecular weight excluding hydrogens is 282 g/mol. The fourth-order valence-corrected chi connectivity index (χ4v) is 2.36. The Kier molecular flexibility index (Phi) is 6.89. The van der Waals surface area contributed by atoms with Crippen LogP contribution in [0, 0.1) is 0 Å². The fourth-order valence-electron chi connectivity index (χ4n) is 2.36. The molecule has 1 N–H and O–H groups in total. The van der Waals surface area contributed by atoms with Crippen molar-refractivity contribution in [2.24, 2.45) is 0 Å². The third-order valence-corrected chi connectivity index (χ3v) is 3.49. The number of rotatable bonds is 6. The summed E-state index contributed by atoms with van der Waals surface area (Å²) in [6.07, 6.45) is 5.40. The Labute approximate surface area is 131 Å². The zero-order valence-electron chi connectivity index (χ0n) is 13.2. The monoisotopic (exact) mass is 307 g/mol. The first-order valence-electron chi connectivity index (χ1n) is 7.93. The lowest BCUT2D eigenvalue weighted by Crippen LogP contribution is -2.43. The smallest absolute Gasteiger partial charge is 0.317 e. The highest BCUT2D eigenvalue weighted by atomic mass is 16.5. The summed E-state index contributed by atoms with van der Waals surface area (Å²) in [6.45, 7) is 6.99. The molecule has 7 heteroatoms. The van der Waals surface area contributed by atoms with Crippen molar-refractivity contribution in [3.8, 4) is 0 Å². The van der Waals surface area contributed by atoms with Crippen molar-refractivity contribution in [3.05, 3.63) is 18.5 Å². The quantitative estimate of drug-likeness (QED) is 0.798. The largest absolute Gasteiger partial charge is 0.380 e. The molecule has 2 heterocycles. The lowest BCUT2D eigenvalue weighted by Gasteiger charge is -2.22. The average Bonchev–Trinajstić information content (AvgIpc) is 2.81. The average molecular weight is 307 g/mol. The second kappa shape index (κ2) is 9.19. The van der Waals surface area contributed by atoms with Crippen molar-refractivity contribution in [1.82, 2.24) is 20.2 Å². The van der Waals surface area contributed by atoms with Crippen molar-refractivity contribution in [2.75, 3.05) is 50.8 Å². The predicted molar refractivity (Wildman–Crippen MR) is 84.9 cm³/mol. The normalized spacial score (nSPS) is 15.5. The van der Waals surface area contributed by atoms with Crippen molar-refractivity contribution >= 4 is 12.0 Å². The van der Waals surface area contributed by atoms with Gasteiger partial charge in [-0.05, 0) is 18.9 Å². The number of nitrogens with one attached hydrogen (secondary N) is 1. The van der Waals surface area contributed by atoms with Gasteiger partial charge in [-0.3, -0.25) is 0 Å². The first kappa shape index (κ1) is 16.5. The van der Waals surface area contributed by atoms with Gasteiger partial charge in [-0.25, -0.2) is 14.8 Å². The number of anilines is 1. The van der Waals surface area contributed by atoms with Gasteiger partial charge in [-0.2, -0.15) is 0 Å². The molecular formula is C15H25N5O2. The Hall–Kier alpha value is -1.89. The van der Waals surface area contributed by atoms with Crippen LogP contribution in [-0.2, 0) is 4.74 Å². The molecule has 0 bridgehead atoms. The van der Waals surface area contributed by atoms with Gasteiger partial charge in [0.2, 0.25) is 5.95 Å². The van der Waals surface area contributed by atoms with E-state index in [0.29, 0.717) is 19.7 Å². The van der Waals surface area contributed by atoms with Gasteiger partial charge >= 0.3 is 6.03 Å². The van der Waals surface area contributed by atoms with Crippen LogP contribution >= 0.6 is 0 Å². The van der Waals surface area contributed by atoms with E-state index in [-0.39, 0.29) is 6.03 Å². The summed E-state index contributed by atoms with van der Waals surface area (Å²) in [4.78, 5) is 24.7. The molecule has 0 saturated carbocycles. The van der Waals surface area contributed by atoms with Gasteiger partial charge in [-0.1, -0.05) is 6.92 Å². The highest BCUT2D eigenvalue weighted by Gasteiger charge is 2.19. The Morgan fingerprint density at radius 2 is 2.05 bits per heavy atom. The van der Waals surface area contributed by atoms with Crippen LogP contribution in [0.25, 0.3) is 0 Å². The van der Waals surface area contributed by atoms with Crippen LogP contribution < -0.4 is 10.2 Å². The van der Waals surface area contributed by atoms with Crippen LogP contribution in [0.4, 0.5) is 10.7 Å². The van der Waals surface area contributed by atoms with Crippen LogP contribution in [0.5, 0.6) is 0 Å². The van der Waals surface area contributed by atoms with Crippen LogP contribution in [0.1, 0.15) is 19.8 Å². The maximum absolute atomic E-state index is 12.1. The van der Waals surface area contributed by atoms with E-state index in [9.17, 15) is 4.79 Å². The van der Waals surface area contributed by atoms with E-state index in [2.05, 4.69) is 27.1 Å². The minimum absolute atomic E-state index is 0.0177. The second-order valence-corrected chi connectivity index (χ2v) is 5.22. The van der Waals surface area contributed by atoms with E-state index in [4.69, 9.17) is 4.74 Å². The summed E-state index contributed by atoms with van der Waals surface area (Å²) in [5.41, 5.74) is 0. The molecule has 2 rings (SSSR count). The number of ether oxygens (including phenoxy) is 1. The maximum Gasteiger partial charge on any atom is 0.317 e. The highest BCUT2D eigenvalue weighted by Crippen LogP contribution is 2.10. The number of hydrogen-bond acceptors (Lipinski definition) is 5. The van der Waals surface area contributed by atoms with Crippen molar-refractivity contribution < 1.29 is 9.53 Å². The van der Waals surface area contributed by atoms with E-state index < -0.39 is 0 Å². The van der Waals surface area contributed by atoms with E-state index >= 15 is 0 Å². The molecule has 0 aromatic carbocycles. The molecule has 1 aliphatic heterocycles. The third-order valence-electron chi connectivity index (χ3n) is 3.49. The number of amides is 2. The van der Waals surface area contributed by atoms with Crippen LogP contribution in [0.15, 0.2) is 18.5 Å². The SMILES string of the molecule is CCCOCCNC(=O)N1CCCN(c2ncccn2)CC1. The predicted octanol–water partition coefficient (Wildman–Crippen LogP) is 1.12. The molecule has 2 amide bonds. The Bertz CT molecular complexity index is 443. The summed E-state index contributed by atoms with van der Waals surface area (Å²) in [5.74, 6) is 0.734. The Morgan fingerprint density at radius 1 is 1.23 bits per heavy atom. The number of carbonyl (C=O) groups is 1. The summed E-state index contributed by atoms with van der Waals surface area (Å²) >= 11 is 0. The molecule has 0 radical (unpaired) electrons. The molecule has 0 unspecified atom stereocenters. The number of hydrogen-bond donors (Lipinski definition) is 1. The Balaban J connectivity index is 1.74. The molecule has 0 atom stereocenters. The minimum Gasteiger partial charge on any atom is -0.380 e. The number of nitrogens with zero attached hydrogens (tertiary/aromatic N) is 4. The van der Waals surface area contributed by atoms with Crippen molar-refractivity contribution in [2.45, 2.75) is 19.8 Å². The number of carbonyl (C=O) groups excluding carboxylic acids is 1. The first-order valence-corrected chi connectivity index (χ1v) is 7.93. The van der Waals surface area contributed by atoms with Crippen LogP contribution in [-0.4, -0.2) is 66.8 Å². The standard InChI is InChI=1S/C15H25N5O2/c1-2-12-22-13-7-18-15(21)20-9-4-8-19(10-11-20)14-16-5-3-6-17-14/h3,5-6H,2,4,7-13H2,1H3,(H,18,21). The molecule has 0 aliphatic carbocycles. The lowest BCUT2D eigenvalue weighted by molar-refractivity contribution is 0.134. The molecule has 22 heavy (non-hydrogen) atoms. The van der Waals surface area contributed by atoms with Gasteiger partial charge in [-0.15, -0.1) is 0 Å². The molecule has 7 nitrogen and oxygen atoms in total. The lowest BCUT2D eigenvalue weighted by atomic mass is 10.4. The van der Waals surface area contributed by atoms with Gasteiger partial charge < -0.3 is 19.9 Å². The van der Waals surface area contributed by atoms with Gasteiger partial charge in [0.15, 0.2) is 0 Å². The highest BCUT2D eigenvalue weighted by molar-refractivity contribution is 5.74. The van der Waals surface area contributed by atoms with E-state index in [1.807, 2.05) is 11.0 Å². The molecule has 1 saturated heterocycles. The topological polar surface area (TPSA) is 70.6 Å². The van der Waals surface area contributed by atoms with Gasteiger partial charge in [0.25, 0.3) is 0 Å². The molecule has 1 aliphatic rings. The van der Waals surface area contributed by atoms with Crippen molar-refractivity contribution in [1.29, 1.82) is 0 Å². The minimum atomic E-state index is -0.0177. The van der Waals surface area contributed by atoms with Crippen molar-refractivity contribution in [3.63, 3.8) is 0 Å². The molecule has 122 valence electrons. The van der Waals surface area contributed by atoms with Gasteiger partial charge in [0.05, 0.1) is 6.61 Å². The summed E-state index contributed by atoms with van der Waals surface area (Å²) in [7, 11) is 0. The number of urea groups is 1. The second-order valence-electron chi connectivity index (χ2n) is 5.22. The molecule has 1 aromatic heterocycles. The number of aromatic nitrogens is 2. The van der Waals surface area contributed by atoms with E-state index in [1.54, 1.807) is 12.4 Å². The zero-order valence-corrected chi connectivity index (χ0v) is 13.2. The van der Waals surface area contributed by atoms with Crippen LogP contribution in [0.2, 0.25) is 0 Å². The van der Waals surface area contributed by atoms with E-state index in [1.165, 1.54) is 0 Å². The van der Waals surface area contributed by atoms with Gasteiger partial charge in [0, 0.05) is 51.7 Å². The van der Waals surface area contributed by atoms with E-state index in [0.717, 1.165) is 45.0 Å². The summed E-state index contributed by atoms with van der Waals surface area (Å²) in [5, 5.41) is 2.91. The Morgan fingerprint density at radius 3 is 2.82 bits per heavy atom. The third kappa shape index (κ3) is 5.14. The molecule has 0 spiro atoms. The maximum atomic E-state index is 12.1. The molecule has 1 fully saturated rings. The summed E-state index contributed by atoms with van der Waals surface area (Å²) in [6, 6.07) is 1.79. The zero-order chi connectivity index (χ0) is 15.6. The summed E-state index contributed by atoms with van der Waals surface area (Å²) < 4.78 is 5.36. The van der Waals surface area contributed by atoms with Crippen LogP contribution in [0.3, 0.4) is 0 Å². The fraction of sp³-hybridized carbons (Fsp3) is 0.667. The first-order chi connectivity index (χ1) is 10.8.